The predicted octanol–water partition coefficient (Wildman–Crippen LogP) is 5.46. The molecule has 1 N–H and O–H groups in total. The Bertz CT molecular complexity index is 1700. The van der Waals surface area contributed by atoms with Crippen LogP contribution < -0.4 is 10.2 Å². The number of piperidine rings is 1. The number of halogens is 3. The molecule has 1 spiro atoms. The molecule has 226 valence electrons. The van der Waals surface area contributed by atoms with Crippen LogP contribution in [0.1, 0.15) is 34.3 Å². The van der Waals surface area contributed by atoms with Crippen LogP contribution in [0.15, 0.2) is 97.1 Å². The summed E-state index contributed by atoms with van der Waals surface area (Å²) in [6.45, 7) is 0.595. The maximum absolute atomic E-state index is 14.0. The fourth-order valence-electron chi connectivity index (χ4n) is 6.19. The van der Waals surface area contributed by atoms with Gasteiger partial charge in [0.1, 0.15) is 12.1 Å². The van der Waals surface area contributed by atoms with Crippen LogP contribution >= 0.6 is 0 Å². The van der Waals surface area contributed by atoms with E-state index in [1.54, 1.807) is 4.90 Å². The summed E-state index contributed by atoms with van der Waals surface area (Å²) in [5.41, 5.74) is 0.0260. The number of amides is 3. The first-order valence-electron chi connectivity index (χ1n) is 14.5. The van der Waals surface area contributed by atoms with E-state index in [1.807, 2.05) is 77.7 Å². The Morgan fingerprint density at radius 1 is 0.818 bits per heavy atom. The van der Waals surface area contributed by atoms with Crippen LogP contribution in [0, 0.1) is 0 Å². The molecule has 6 rings (SSSR count). The largest absolute Gasteiger partial charge is 0.416 e. The van der Waals surface area contributed by atoms with Crippen molar-refractivity contribution in [3.8, 4) is 0 Å². The smallest absolute Gasteiger partial charge is 0.350 e. The summed E-state index contributed by atoms with van der Waals surface area (Å²) in [7, 11) is 0. The van der Waals surface area contributed by atoms with Gasteiger partial charge in [0.25, 0.3) is 11.8 Å². The second kappa shape index (κ2) is 11.7. The minimum atomic E-state index is -4.48. The molecule has 2 fully saturated rings. The van der Waals surface area contributed by atoms with E-state index in [4.69, 9.17) is 0 Å². The van der Waals surface area contributed by atoms with Crippen molar-refractivity contribution in [1.29, 1.82) is 0 Å². The summed E-state index contributed by atoms with van der Waals surface area (Å²) >= 11 is 0. The van der Waals surface area contributed by atoms with Gasteiger partial charge in [-0.1, -0.05) is 60.7 Å². The lowest BCUT2D eigenvalue weighted by Crippen LogP contribution is -2.57. The summed E-state index contributed by atoms with van der Waals surface area (Å²) in [4.78, 5) is 45.6. The molecule has 0 aliphatic carbocycles. The normalized spacial score (nSPS) is 16.5. The number of nitrogens with one attached hydrogen (secondary N) is 1. The molecule has 2 saturated heterocycles. The molecule has 2 aliphatic heterocycles. The lowest BCUT2D eigenvalue weighted by Gasteiger charge is -2.43. The van der Waals surface area contributed by atoms with Crippen LogP contribution in [-0.2, 0) is 22.3 Å². The van der Waals surface area contributed by atoms with Gasteiger partial charge in [-0.15, -0.1) is 0 Å². The maximum Gasteiger partial charge on any atom is 0.416 e. The first kappa shape index (κ1) is 29.2. The van der Waals surface area contributed by atoms with Crippen molar-refractivity contribution in [2.24, 2.45) is 0 Å². The lowest BCUT2D eigenvalue weighted by atomic mass is 9.85. The highest BCUT2D eigenvalue weighted by atomic mass is 19.4. The quantitative estimate of drug-likeness (QED) is 0.319. The summed E-state index contributed by atoms with van der Waals surface area (Å²) in [5, 5.41) is 4.69. The number of fused-ring (bicyclic) bond motifs is 1. The van der Waals surface area contributed by atoms with E-state index >= 15 is 0 Å². The fraction of sp³-hybridized carbons (Fsp3) is 0.265. The number of hydrogen-bond donors (Lipinski definition) is 1. The molecule has 4 aromatic carbocycles. The molecule has 7 nitrogen and oxygen atoms in total. The predicted molar refractivity (Wildman–Crippen MR) is 161 cm³/mol. The number of rotatable bonds is 6. The number of alkyl halides is 3. The molecule has 0 atom stereocenters. The van der Waals surface area contributed by atoms with E-state index in [-0.39, 0.29) is 31.6 Å². The van der Waals surface area contributed by atoms with Gasteiger partial charge in [-0.2, -0.15) is 13.2 Å². The topological polar surface area (TPSA) is 73.0 Å². The van der Waals surface area contributed by atoms with Gasteiger partial charge in [-0.3, -0.25) is 14.4 Å². The van der Waals surface area contributed by atoms with Gasteiger partial charge in [0.05, 0.1) is 12.2 Å². The Labute approximate surface area is 252 Å². The van der Waals surface area contributed by atoms with Crippen molar-refractivity contribution >= 4 is 34.2 Å². The highest BCUT2D eigenvalue weighted by molar-refractivity contribution is 6.00. The van der Waals surface area contributed by atoms with E-state index in [0.717, 1.165) is 28.6 Å². The zero-order valence-electron chi connectivity index (χ0n) is 23.9. The number of likely N-dealkylation sites (tertiary alicyclic amines) is 1. The Kier molecular flexibility index (Phi) is 7.75. The minimum Gasteiger partial charge on any atom is -0.350 e. The fourth-order valence-corrected chi connectivity index (χ4v) is 6.19. The van der Waals surface area contributed by atoms with Crippen LogP contribution in [0.5, 0.6) is 0 Å². The van der Waals surface area contributed by atoms with Crippen LogP contribution in [0.2, 0.25) is 0 Å². The van der Waals surface area contributed by atoms with Gasteiger partial charge in [-0.05, 0) is 65.6 Å². The number of benzene rings is 4. The maximum atomic E-state index is 14.0. The highest BCUT2D eigenvalue weighted by Gasteiger charge is 2.54. The molecule has 0 unspecified atom stereocenters. The van der Waals surface area contributed by atoms with Crippen molar-refractivity contribution < 1.29 is 27.6 Å². The molecule has 0 saturated carbocycles. The number of carbonyl (C=O) groups excluding carboxylic acids is 3. The molecule has 0 bridgehead atoms. The number of hydrogen-bond acceptors (Lipinski definition) is 4. The second-order valence-corrected chi connectivity index (χ2v) is 11.3. The van der Waals surface area contributed by atoms with Crippen LogP contribution in [0.3, 0.4) is 0 Å². The molecule has 4 aromatic rings. The number of para-hydroxylation sites is 1. The number of nitrogens with zero attached hydrogens (tertiary/aromatic N) is 3. The SMILES string of the molecule is O=C(CN1CN(c2ccccc2)C2(CCN(C(=O)c3ccc4ccccc4c3)CC2)C1=O)NCc1cccc(C(F)(F)F)c1. The Hall–Kier alpha value is -4.86. The van der Waals surface area contributed by atoms with Crippen LogP contribution in [0.4, 0.5) is 18.9 Å². The lowest BCUT2D eigenvalue weighted by molar-refractivity contribution is -0.138. The zero-order chi connectivity index (χ0) is 30.9. The molecule has 10 heteroatoms. The Balaban J connectivity index is 1.15. The van der Waals surface area contributed by atoms with E-state index in [2.05, 4.69) is 5.32 Å². The summed E-state index contributed by atoms with van der Waals surface area (Å²) in [5.74, 6) is -0.758. The molecule has 0 aromatic heterocycles. The van der Waals surface area contributed by atoms with E-state index in [1.165, 1.54) is 17.0 Å². The average Bonchev–Trinajstić information content (AvgIpc) is 3.29. The first-order chi connectivity index (χ1) is 21.1. The summed E-state index contributed by atoms with van der Waals surface area (Å²) in [6, 6.07) is 27.8. The van der Waals surface area contributed by atoms with Gasteiger partial charge in [0.15, 0.2) is 0 Å². The van der Waals surface area contributed by atoms with E-state index < -0.39 is 23.2 Å². The second-order valence-electron chi connectivity index (χ2n) is 11.3. The molecule has 3 amide bonds. The minimum absolute atomic E-state index is 0.0897. The van der Waals surface area contributed by atoms with Crippen LogP contribution in [-0.4, -0.2) is 59.4 Å². The highest BCUT2D eigenvalue weighted by Crippen LogP contribution is 2.40. The Morgan fingerprint density at radius 2 is 1.52 bits per heavy atom. The molecular weight excluding hydrogens is 569 g/mol. The molecule has 2 heterocycles. The zero-order valence-corrected chi connectivity index (χ0v) is 23.9. The first-order valence-corrected chi connectivity index (χ1v) is 14.5. The van der Waals surface area contributed by atoms with Gasteiger partial charge in [0, 0.05) is 30.9 Å². The summed E-state index contributed by atoms with van der Waals surface area (Å²) < 4.78 is 39.3. The van der Waals surface area contributed by atoms with Gasteiger partial charge in [0.2, 0.25) is 5.91 Å². The van der Waals surface area contributed by atoms with Crippen molar-refractivity contribution in [2.45, 2.75) is 31.1 Å². The molecule has 2 aliphatic rings. The number of anilines is 1. The Morgan fingerprint density at radius 3 is 2.25 bits per heavy atom. The van der Waals surface area contributed by atoms with Crippen molar-refractivity contribution in [2.75, 3.05) is 31.2 Å². The van der Waals surface area contributed by atoms with Gasteiger partial charge >= 0.3 is 6.18 Å². The standard InChI is InChI=1S/C34H31F3N4O3/c35-34(36,37)28-10-6-7-24(19-28)21-38-30(42)22-40-23-41(29-11-2-1-3-12-29)33(32(40)44)15-17-39(18-16-33)31(43)27-14-13-25-8-4-5-9-26(25)20-27/h1-14,19-20H,15-18,21-23H2,(H,38,42). The third kappa shape index (κ3) is 5.71. The average molecular weight is 601 g/mol. The summed E-state index contributed by atoms with van der Waals surface area (Å²) in [6.07, 6.45) is -3.70. The van der Waals surface area contributed by atoms with Gasteiger partial charge < -0.3 is 20.0 Å². The molecule has 0 radical (unpaired) electrons. The molecular formula is C34H31F3N4O3. The number of carbonyl (C=O) groups is 3. The van der Waals surface area contributed by atoms with Crippen molar-refractivity contribution in [3.05, 3.63) is 114 Å². The van der Waals surface area contributed by atoms with E-state index in [0.29, 0.717) is 37.1 Å². The third-order valence-corrected chi connectivity index (χ3v) is 8.53. The molecule has 44 heavy (non-hydrogen) atoms. The third-order valence-electron chi connectivity index (χ3n) is 8.53. The van der Waals surface area contributed by atoms with Crippen LogP contribution in [0.25, 0.3) is 10.8 Å². The van der Waals surface area contributed by atoms with E-state index in [9.17, 15) is 27.6 Å². The monoisotopic (exact) mass is 600 g/mol. The van der Waals surface area contributed by atoms with Crippen molar-refractivity contribution in [1.82, 2.24) is 15.1 Å². The van der Waals surface area contributed by atoms with Gasteiger partial charge in [-0.25, -0.2) is 0 Å². The van der Waals surface area contributed by atoms with Crippen molar-refractivity contribution in [3.63, 3.8) is 0 Å².